The number of phenols is 1. The van der Waals surface area contributed by atoms with Gasteiger partial charge in [0.2, 0.25) is 5.91 Å². The Bertz CT molecular complexity index is 1030. The molecule has 7 heteroatoms. The first kappa shape index (κ1) is 17.5. The Morgan fingerprint density at radius 3 is 2.85 bits per heavy atom. The van der Waals surface area contributed by atoms with E-state index in [2.05, 4.69) is 14.9 Å². The third kappa shape index (κ3) is 3.50. The van der Waals surface area contributed by atoms with E-state index in [1.807, 2.05) is 25.2 Å². The smallest absolute Gasteiger partial charge is 0.241 e. The van der Waals surface area contributed by atoms with Gasteiger partial charge in [0.05, 0.1) is 17.1 Å². The van der Waals surface area contributed by atoms with Crippen molar-refractivity contribution in [3.8, 4) is 5.75 Å². The van der Waals surface area contributed by atoms with Gasteiger partial charge in [0.1, 0.15) is 5.82 Å². The number of nitrogens with zero attached hydrogens (tertiary/aromatic N) is 2. The van der Waals surface area contributed by atoms with Gasteiger partial charge >= 0.3 is 0 Å². The van der Waals surface area contributed by atoms with Gasteiger partial charge in [-0.3, -0.25) is 4.79 Å². The molecule has 6 nitrogen and oxygen atoms in total. The third-order valence-corrected chi connectivity index (χ3v) is 4.93. The number of carbonyl (C=O) groups is 1. The van der Waals surface area contributed by atoms with Gasteiger partial charge in [-0.1, -0.05) is 6.07 Å². The van der Waals surface area contributed by atoms with Crippen molar-refractivity contribution >= 4 is 22.6 Å². The maximum absolute atomic E-state index is 13.4. The maximum Gasteiger partial charge on any atom is 0.241 e. The van der Waals surface area contributed by atoms with Crippen LogP contribution in [0.2, 0.25) is 0 Å². The highest BCUT2D eigenvalue weighted by atomic mass is 19.1. The lowest BCUT2D eigenvalue weighted by molar-refractivity contribution is -0.117. The van der Waals surface area contributed by atoms with Crippen LogP contribution in [-0.2, 0) is 18.3 Å². The Morgan fingerprint density at radius 1 is 1.37 bits per heavy atom. The number of aromatic nitrogens is 2. The van der Waals surface area contributed by atoms with Crippen LogP contribution in [0.5, 0.6) is 5.75 Å². The molecular formula is C20H21FN4O2. The molecule has 2 aromatic carbocycles. The summed E-state index contributed by atoms with van der Waals surface area (Å²) in [6, 6.07) is 8.74. The molecule has 1 heterocycles. The molecule has 140 valence electrons. The van der Waals surface area contributed by atoms with E-state index < -0.39 is 17.6 Å². The number of fused-ring (bicyclic) bond motifs is 1. The molecule has 0 spiro atoms. The van der Waals surface area contributed by atoms with Crippen molar-refractivity contribution in [2.75, 3.05) is 5.32 Å². The number of carbonyl (C=O) groups excluding carboxylic acids is 1. The van der Waals surface area contributed by atoms with Crippen LogP contribution >= 0.6 is 0 Å². The summed E-state index contributed by atoms with van der Waals surface area (Å²) in [6.45, 7) is 0. The van der Waals surface area contributed by atoms with Crippen molar-refractivity contribution in [2.24, 2.45) is 12.8 Å². The molecule has 3 aromatic rings. The van der Waals surface area contributed by atoms with E-state index in [1.54, 1.807) is 6.07 Å². The van der Waals surface area contributed by atoms with E-state index in [-0.39, 0.29) is 12.3 Å². The van der Waals surface area contributed by atoms with Crippen LogP contribution in [-0.4, -0.2) is 26.6 Å². The number of amides is 1. The topological polar surface area (TPSA) is 93.2 Å². The summed E-state index contributed by atoms with van der Waals surface area (Å²) >= 11 is 0. The lowest BCUT2D eigenvalue weighted by Gasteiger charge is -2.13. The number of anilines is 1. The molecule has 1 fully saturated rings. The van der Waals surface area contributed by atoms with E-state index in [0.717, 1.165) is 16.9 Å². The summed E-state index contributed by atoms with van der Waals surface area (Å²) in [7, 11) is 2.01. The predicted octanol–water partition coefficient (Wildman–Crippen LogP) is 2.80. The first-order chi connectivity index (χ1) is 12.9. The number of rotatable bonds is 5. The molecule has 0 saturated heterocycles. The fraction of sp³-hybridized carbons (Fsp3) is 0.300. The lowest BCUT2D eigenvalue weighted by Crippen LogP contribution is -2.37. The Morgan fingerprint density at radius 2 is 2.15 bits per heavy atom. The number of nitrogens with two attached hydrogens (primary N) is 1. The van der Waals surface area contributed by atoms with E-state index in [9.17, 15) is 14.3 Å². The van der Waals surface area contributed by atoms with Gasteiger partial charge in [0.25, 0.3) is 0 Å². The summed E-state index contributed by atoms with van der Waals surface area (Å²) in [5.41, 5.74) is 8.99. The quantitative estimate of drug-likeness (QED) is 0.646. The first-order valence-electron chi connectivity index (χ1n) is 8.92. The van der Waals surface area contributed by atoms with Crippen molar-refractivity contribution in [1.29, 1.82) is 0 Å². The number of aromatic hydroxyl groups is 1. The zero-order chi connectivity index (χ0) is 19.1. The number of nitrogens with one attached hydrogen (secondary N) is 1. The number of benzene rings is 2. The number of halogens is 1. The Balaban J connectivity index is 1.47. The van der Waals surface area contributed by atoms with Gasteiger partial charge in [-0.15, -0.1) is 0 Å². The zero-order valence-electron chi connectivity index (χ0n) is 14.9. The monoisotopic (exact) mass is 368 g/mol. The summed E-state index contributed by atoms with van der Waals surface area (Å²) in [5.74, 6) is 0.110. The van der Waals surface area contributed by atoms with Gasteiger partial charge in [-0.25, -0.2) is 9.37 Å². The molecule has 1 aliphatic carbocycles. The second-order valence-electron chi connectivity index (χ2n) is 7.09. The minimum atomic E-state index is -0.838. The van der Waals surface area contributed by atoms with E-state index in [4.69, 9.17) is 5.73 Å². The summed E-state index contributed by atoms with van der Waals surface area (Å²) in [5, 5.41) is 12.0. The minimum absolute atomic E-state index is 0.167. The highest BCUT2D eigenvalue weighted by Crippen LogP contribution is 2.40. The zero-order valence-corrected chi connectivity index (χ0v) is 14.9. The number of aryl methyl sites for hydroxylation is 1. The molecule has 0 radical (unpaired) electrons. The minimum Gasteiger partial charge on any atom is -0.505 e. The molecule has 0 bridgehead atoms. The first-order valence-corrected chi connectivity index (χ1v) is 8.92. The van der Waals surface area contributed by atoms with Crippen molar-refractivity contribution in [3.05, 3.63) is 53.6 Å². The fourth-order valence-corrected chi connectivity index (χ4v) is 3.26. The van der Waals surface area contributed by atoms with Crippen molar-refractivity contribution in [1.82, 2.24) is 9.55 Å². The van der Waals surface area contributed by atoms with Crippen molar-refractivity contribution in [3.63, 3.8) is 0 Å². The molecular weight excluding hydrogens is 347 g/mol. The van der Waals surface area contributed by atoms with E-state index >= 15 is 0 Å². The van der Waals surface area contributed by atoms with Crippen LogP contribution in [0.15, 0.2) is 36.4 Å². The number of phenolic OH excluding ortho intramolecular Hbond substituents is 1. The molecule has 4 N–H and O–H groups in total. The second-order valence-corrected chi connectivity index (χ2v) is 7.09. The van der Waals surface area contributed by atoms with Crippen LogP contribution < -0.4 is 11.1 Å². The van der Waals surface area contributed by atoms with Gasteiger partial charge in [0.15, 0.2) is 11.6 Å². The summed E-state index contributed by atoms with van der Waals surface area (Å²) in [6.07, 6.45) is 2.52. The largest absolute Gasteiger partial charge is 0.505 e. The number of hydrogen-bond donors (Lipinski definition) is 3. The maximum atomic E-state index is 13.4. The lowest BCUT2D eigenvalue weighted by atomic mass is 10.1. The molecule has 1 amide bonds. The average Bonchev–Trinajstić information content (AvgIpc) is 3.42. The van der Waals surface area contributed by atoms with Gasteiger partial charge in [0, 0.05) is 18.7 Å². The highest BCUT2D eigenvalue weighted by molar-refractivity contribution is 5.96. The van der Waals surface area contributed by atoms with Crippen LogP contribution in [0.3, 0.4) is 0 Å². The van der Waals surface area contributed by atoms with E-state index in [0.29, 0.717) is 17.2 Å². The van der Waals surface area contributed by atoms with Crippen LogP contribution in [0.25, 0.3) is 11.0 Å². The van der Waals surface area contributed by atoms with Crippen molar-refractivity contribution < 1.29 is 14.3 Å². The fourth-order valence-electron chi connectivity index (χ4n) is 3.26. The van der Waals surface area contributed by atoms with Gasteiger partial charge in [-0.05, 0) is 55.2 Å². The normalized spacial score (nSPS) is 15.1. The molecule has 1 unspecified atom stereocenters. The Labute approximate surface area is 155 Å². The standard InChI is InChI=1S/C20H21FN4O2/c1-25-17-6-5-13(10-16(17)24-19(25)12-3-4-12)23-20(27)15(22)9-11-2-7-18(26)14(21)8-11/h2,5-8,10,12,15,26H,3-4,9,22H2,1H3,(H,23,27). The molecule has 4 rings (SSSR count). The van der Waals surface area contributed by atoms with Gasteiger partial charge in [-0.2, -0.15) is 0 Å². The molecule has 0 aliphatic heterocycles. The Hall–Kier alpha value is -2.93. The average molecular weight is 368 g/mol. The van der Waals surface area contributed by atoms with Crippen LogP contribution in [0.4, 0.5) is 10.1 Å². The second kappa shape index (κ2) is 6.66. The SMILES string of the molecule is Cn1c(C2CC2)nc2cc(NC(=O)C(N)Cc3ccc(O)c(F)c3)ccc21. The summed E-state index contributed by atoms with van der Waals surface area (Å²) < 4.78 is 15.5. The van der Waals surface area contributed by atoms with Crippen LogP contribution in [0.1, 0.15) is 30.1 Å². The van der Waals surface area contributed by atoms with E-state index in [1.165, 1.54) is 25.0 Å². The predicted molar refractivity (Wildman–Crippen MR) is 101 cm³/mol. The molecule has 1 atom stereocenters. The molecule has 1 aliphatic rings. The van der Waals surface area contributed by atoms with Crippen molar-refractivity contribution in [2.45, 2.75) is 31.2 Å². The van der Waals surface area contributed by atoms with Crippen LogP contribution in [0, 0.1) is 5.82 Å². The number of hydrogen-bond acceptors (Lipinski definition) is 4. The Kier molecular flexibility index (Phi) is 4.31. The highest BCUT2D eigenvalue weighted by Gasteiger charge is 2.28. The molecule has 27 heavy (non-hydrogen) atoms. The van der Waals surface area contributed by atoms with Gasteiger partial charge < -0.3 is 20.7 Å². The molecule has 1 aromatic heterocycles. The summed E-state index contributed by atoms with van der Waals surface area (Å²) in [4.78, 5) is 17.1. The molecule has 1 saturated carbocycles. The third-order valence-electron chi connectivity index (χ3n) is 4.93. The number of imidazole rings is 1.